The van der Waals surface area contributed by atoms with Gasteiger partial charge < -0.3 is 19.2 Å². The van der Waals surface area contributed by atoms with Crippen LogP contribution in [0.25, 0.3) is 0 Å². The first-order chi connectivity index (χ1) is 11.6. The van der Waals surface area contributed by atoms with Crippen LogP contribution in [0.5, 0.6) is 5.75 Å². The Bertz CT molecular complexity index is 633. The number of methoxy groups -OCH3 is 1. The SMILES string of the molecule is CCC(C)c1ccc(OCc2ccc(C(=O)NCCOC)o2)cc1. The first-order valence-corrected chi connectivity index (χ1v) is 8.22. The zero-order valence-corrected chi connectivity index (χ0v) is 14.5. The normalized spacial score (nSPS) is 12.0. The number of ether oxygens (including phenoxy) is 2. The van der Waals surface area contributed by atoms with Crippen LogP contribution in [0.1, 0.15) is 48.1 Å². The molecule has 130 valence electrons. The molecule has 0 fully saturated rings. The van der Waals surface area contributed by atoms with Gasteiger partial charge in [0.25, 0.3) is 5.91 Å². The number of hydrogen-bond acceptors (Lipinski definition) is 4. The van der Waals surface area contributed by atoms with Crippen molar-refractivity contribution in [1.29, 1.82) is 0 Å². The van der Waals surface area contributed by atoms with Crippen LogP contribution < -0.4 is 10.1 Å². The molecule has 1 aromatic heterocycles. The van der Waals surface area contributed by atoms with E-state index in [9.17, 15) is 4.79 Å². The van der Waals surface area contributed by atoms with Gasteiger partial charge in [-0.3, -0.25) is 4.79 Å². The van der Waals surface area contributed by atoms with Crippen LogP contribution in [0.15, 0.2) is 40.8 Å². The lowest BCUT2D eigenvalue weighted by molar-refractivity contribution is 0.0905. The lowest BCUT2D eigenvalue weighted by Crippen LogP contribution is -2.26. The number of carbonyl (C=O) groups excluding carboxylic acids is 1. The maximum absolute atomic E-state index is 11.8. The lowest BCUT2D eigenvalue weighted by Gasteiger charge is -2.10. The highest BCUT2D eigenvalue weighted by atomic mass is 16.5. The van der Waals surface area contributed by atoms with Crippen molar-refractivity contribution in [3.63, 3.8) is 0 Å². The van der Waals surface area contributed by atoms with Gasteiger partial charge >= 0.3 is 0 Å². The van der Waals surface area contributed by atoms with E-state index in [2.05, 4.69) is 31.3 Å². The topological polar surface area (TPSA) is 60.7 Å². The predicted molar refractivity (Wildman–Crippen MR) is 92.4 cm³/mol. The zero-order chi connectivity index (χ0) is 17.4. The number of carbonyl (C=O) groups is 1. The molecule has 5 nitrogen and oxygen atoms in total. The predicted octanol–water partition coefficient (Wildman–Crippen LogP) is 3.75. The molecule has 0 aliphatic rings. The number of nitrogens with one attached hydrogen (secondary N) is 1. The lowest BCUT2D eigenvalue weighted by atomic mass is 9.99. The van der Waals surface area contributed by atoms with Crippen molar-refractivity contribution >= 4 is 5.91 Å². The van der Waals surface area contributed by atoms with E-state index in [1.165, 1.54) is 5.56 Å². The molecule has 24 heavy (non-hydrogen) atoms. The Morgan fingerprint density at radius 3 is 2.62 bits per heavy atom. The average Bonchev–Trinajstić information content (AvgIpc) is 3.09. The van der Waals surface area contributed by atoms with Crippen LogP contribution in [-0.4, -0.2) is 26.2 Å². The molecule has 1 amide bonds. The highest BCUT2D eigenvalue weighted by Gasteiger charge is 2.11. The molecule has 0 aliphatic carbocycles. The maximum atomic E-state index is 11.8. The summed E-state index contributed by atoms with van der Waals surface area (Å²) in [6.45, 7) is 5.58. The minimum absolute atomic E-state index is 0.254. The van der Waals surface area contributed by atoms with Crippen molar-refractivity contribution in [1.82, 2.24) is 5.32 Å². The van der Waals surface area contributed by atoms with E-state index in [1.54, 1.807) is 19.2 Å². The van der Waals surface area contributed by atoms with Gasteiger partial charge in [0.1, 0.15) is 18.1 Å². The third-order valence-electron chi connectivity index (χ3n) is 3.92. The average molecular weight is 331 g/mol. The molecule has 1 N–H and O–H groups in total. The molecule has 0 spiro atoms. The van der Waals surface area contributed by atoms with Crippen LogP contribution in [0, 0.1) is 0 Å². The van der Waals surface area contributed by atoms with E-state index < -0.39 is 0 Å². The van der Waals surface area contributed by atoms with Gasteiger partial charge in [0, 0.05) is 13.7 Å². The van der Waals surface area contributed by atoms with Gasteiger partial charge in [0.2, 0.25) is 0 Å². The van der Waals surface area contributed by atoms with Gasteiger partial charge in [-0.05, 0) is 42.2 Å². The van der Waals surface area contributed by atoms with E-state index in [4.69, 9.17) is 13.9 Å². The number of benzene rings is 1. The molecule has 0 saturated heterocycles. The van der Waals surface area contributed by atoms with E-state index in [1.807, 2.05) is 12.1 Å². The van der Waals surface area contributed by atoms with Crippen LogP contribution in [0.2, 0.25) is 0 Å². The second-order valence-electron chi connectivity index (χ2n) is 5.68. The molecule has 1 atom stereocenters. The quantitative estimate of drug-likeness (QED) is 0.711. The summed E-state index contributed by atoms with van der Waals surface area (Å²) < 4.78 is 16.1. The fourth-order valence-corrected chi connectivity index (χ4v) is 2.21. The molecule has 2 aromatic rings. The fourth-order valence-electron chi connectivity index (χ4n) is 2.21. The second-order valence-corrected chi connectivity index (χ2v) is 5.68. The van der Waals surface area contributed by atoms with Gasteiger partial charge in [0.15, 0.2) is 5.76 Å². The third-order valence-corrected chi connectivity index (χ3v) is 3.92. The molecular weight excluding hydrogens is 306 g/mol. The minimum Gasteiger partial charge on any atom is -0.486 e. The number of hydrogen-bond donors (Lipinski definition) is 1. The Labute approximate surface area is 143 Å². The van der Waals surface area contributed by atoms with E-state index in [0.717, 1.165) is 12.2 Å². The number of amides is 1. The van der Waals surface area contributed by atoms with Crippen molar-refractivity contribution in [2.45, 2.75) is 32.8 Å². The molecule has 0 aliphatic heterocycles. The van der Waals surface area contributed by atoms with E-state index >= 15 is 0 Å². The molecular formula is C19H25NO4. The van der Waals surface area contributed by atoms with Crippen molar-refractivity contribution < 1.29 is 18.7 Å². The van der Waals surface area contributed by atoms with E-state index in [-0.39, 0.29) is 18.3 Å². The summed E-state index contributed by atoms with van der Waals surface area (Å²) in [6, 6.07) is 11.5. The van der Waals surface area contributed by atoms with Gasteiger partial charge in [-0.1, -0.05) is 26.0 Å². The Morgan fingerprint density at radius 2 is 1.96 bits per heavy atom. The first kappa shape index (κ1) is 18.1. The Hall–Kier alpha value is -2.27. The molecule has 1 unspecified atom stereocenters. The smallest absolute Gasteiger partial charge is 0.287 e. The summed E-state index contributed by atoms with van der Waals surface area (Å²) in [5.41, 5.74) is 1.30. The molecule has 1 aromatic carbocycles. The summed E-state index contributed by atoms with van der Waals surface area (Å²) in [7, 11) is 1.59. The molecule has 0 bridgehead atoms. The highest BCUT2D eigenvalue weighted by Crippen LogP contribution is 2.22. The summed E-state index contributed by atoms with van der Waals surface area (Å²) in [5, 5.41) is 2.71. The van der Waals surface area contributed by atoms with Crippen molar-refractivity contribution in [3.05, 3.63) is 53.5 Å². The Kier molecular flexibility index (Phi) is 6.88. The summed E-state index contributed by atoms with van der Waals surface area (Å²) in [6.07, 6.45) is 1.11. The van der Waals surface area contributed by atoms with Crippen LogP contribution in [0.4, 0.5) is 0 Å². The zero-order valence-electron chi connectivity index (χ0n) is 14.5. The Balaban J connectivity index is 1.85. The standard InChI is InChI=1S/C19H25NO4/c1-4-14(2)15-5-7-16(8-6-15)23-13-17-9-10-18(24-17)19(21)20-11-12-22-3/h5-10,14H,4,11-13H2,1-3H3,(H,20,21). The molecule has 0 saturated carbocycles. The summed E-state index contributed by atoms with van der Waals surface area (Å²) >= 11 is 0. The van der Waals surface area contributed by atoms with Gasteiger partial charge in [0.05, 0.1) is 6.61 Å². The van der Waals surface area contributed by atoms with Crippen molar-refractivity contribution in [2.75, 3.05) is 20.3 Å². The number of furan rings is 1. The third kappa shape index (κ3) is 5.13. The van der Waals surface area contributed by atoms with Crippen LogP contribution in [0.3, 0.4) is 0 Å². The molecule has 1 heterocycles. The molecule has 5 heteroatoms. The minimum atomic E-state index is -0.254. The first-order valence-electron chi connectivity index (χ1n) is 8.22. The molecule has 0 radical (unpaired) electrons. The van der Waals surface area contributed by atoms with Crippen LogP contribution in [-0.2, 0) is 11.3 Å². The summed E-state index contributed by atoms with van der Waals surface area (Å²) in [5.74, 6) is 1.96. The monoisotopic (exact) mass is 331 g/mol. The Morgan fingerprint density at radius 1 is 1.21 bits per heavy atom. The van der Waals surface area contributed by atoms with Gasteiger partial charge in [-0.15, -0.1) is 0 Å². The molecule has 2 rings (SSSR count). The largest absolute Gasteiger partial charge is 0.486 e. The second kappa shape index (κ2) is 9.13. The van der Waals surface area contributed by atoms with E-state index in [0.29, 0.717) is 24.8 Å². The summed E-state index contributed by atoms with van der Waals surface area (Å²) in [4.78, 5) is 11.8. The fraction of sp³-hybridized carbons (Fsp3) is 0.421. The maximum Gasteiger partial charge on any atom is 0.287 e. The van der Waals surface area contributed by atoms with Crippen molar-refractivity contribution in [2.24, 2.45) is 0 Å². The van der Waals surface area contributed by atoms with Gasteiger partial charge in [-0.2, -0.15) is 0 Å². The van der Waals surface area contributed by atoms with Gasteiger partial charge in [-0.25, -0.2) is 0 Å². The highest BCUT2D eigenvalue weighted by molar-refractivity contribution is 5.91. The van der Waals surface area contributed by atoms with Crippen LogP contribution >= 0.6 is 0 Å². The number of rotatable bonds is 9. The van der Waals surface area contributed by atoms with Crippen molar-refractivity contribution in [3.8, 4) is 5.75 Å².